The van der Waals surface area contributed by atoms with E-state index in [2.05, 4.69) is 10.3 Å². The van der Waals surface area contributed by atoms with Crippen molar-refractivity contribution in [1.29, 1.82) is 0 Å². The third-order valence-electron chi connectivity index (χ3n) is 5.01. The number of benzene rings is 3. The number of carboxylic acid groups (broad SMARTS) is 1. The first-order valence-electron chi connectivity index (χ1n) is 9.25. The Labute approximate surface area is 166 Å². The van der Waals surface area contributed by atoms with E-state index in [0.717, 1.165) is 27.4 Å². The van der Waals surface area contributed by atoms with E-state index < -0.39 is 11.9 Å². The molecule has 0 bridgehead atoms. The molecule has 1 unspecified atom stereocenters. The van der Waals surface area contributed by atoms with Crippen LogP contribution >= 0.6 is 0 Å². The summed E-state index contributed by atoms with van der Waals surface area (Å²) in [6.07, 6.45) is -0.318. The van der Waals surface area contributed by atoms with Crippen molar-refractivity contribution in [1.82, 2.24) is 10.3 Å². The SMILES string of the molecule is O=C(O)CC(C(=O)NCc1ccc(F)cc1)c1ccc2c(c1)[nH]c1ccccc12. The Morgan fingerprint density at radius 2 is 1.69 bits per heavy atom. The van der Waals surface area contributed by atoms with Gasteiger partial charge in [0.1, 0.15) is 5.82 Å². The van der Waals surface area contributed by atoms with E-state index in [1.807, 2.05) is 36.4 Å². The van der Waals surface area contributed by atoms with Gasteiger partial charge in [0.2, 0.25) is 5.91 Å². The highest BCUT2D eigenvalue weighted by Crippen LogP contribution is 2.29. The molecule has 1 amide bonds. The summed E-state index contributed by atoms with van der Waals surface area (Å²) in [6, 6.07) is 19.2. The second kappa shape index (κ2) is 7.75. The maximum absolute atomic E-state index is 13.0. The number of carbonyl (C=O) groups excluding carboxylic acids is 1. The number of aliphatic carboxylic acids is 1. The van der Waals surface area contributed by atoms with Crippen LogP contribution in [-0.4, -0.2) is 22.0 Å². The van der Waals surface area contributed by atoms with Gasteiger partial charge in [0.25, 0.3) is 0 Å². The fourth-order valence-corrected chi connectivity index (χ4v) is 3.54. The Morgan fingerprint density at radius 3 is 2.45 bits per heavy atom. The summed E-state index contributed by atoms with van der Waals surface area (Å²) in [5, 5.41) is 14.2. The Hall–Kier alpha value is -3.67. The summed E-state index contributed by atoms with van der Waals surface area (Å²) in [7, 11) is 0. The average molecular weight is 390 g/mol. The number of amides is 1. The van der Waals surface area contributed by atoms with Crippen molar-refractivity contribution in [3.8, 4) is 0 Å². The molecule has 0 spiro atoms. The fourth-order valence-electron chi connectivity index (χ4n) is 3.54. The maximum atomic E-state index is 13.0. The van der Waals surface area contributed by atoms with Crippen LogP contribution in [0.15, 0.2) is 66.7 Å². The largest absolute Gasteiger partial charge is 0.481 e. The normalized spacial score (nSPS) is 12.2. The molecule has 5 nitrogen and oxygen atoms in total. The average Bonchev–Trinajstić information content (AvgIpc) is 3.09. The highest BCUT2D eigenvalue weighted by Gasteiger charge is 2.24. The number of H-pyrrole nitrogens is 1. The number of halogens is 1. The zero-order valence-corrected chi connectivity index (χ0v) is 15.5. The second-order valence-electron chi connectivity index (χ2n) is 6.97. The van der Waals surface area contributed by atoms with E-state index >= 15 is 0 Å². The number of nitrogens with one attached hydrogen (secondary N) is 2. The van der Waals surface area contributed by atoms with Gasteiger partial charge in [0.05, 0.1) is 12.3 Å². The Bertz CT molecular complexity index is 1200. The van der Waals surface area contributed by atoms with Gasteiger partial charge in [-0.05, 0) is 35.4 Å². The molecule has 1 atom stereocenters. The van der Waals surface area contributed by atoms with E-state index in [4.69, 9.17) is 0 Å². The lowest BCUT2D eigenvalue weighted by Crippen LogP contribution is -2.30. The summed E-state index contributed by atoms with van der Waals surface area (Å²) in [5.74, 6) is -2.62. The van der Waals surface area contributed by atoms with Gasteiger partial charge in [-0.15, -0.1) is 0 Å². The monoisotopic (exact) mass is 390 g/mol. The molecule has 6 heteroatoms. The first-order valence-corrected chi connectivity index (χ1v) is 9.25. The molecule has 0 radical (unpaired) electrons. The van der Waals surface area contributed by atoms with Crippen LogP contribution in [0, 0.1) is 5.82 Å². The van der Waals surface area contributed by atoms with Crippen molar-refractivity contribution in [2.24, 2.45) is 0 Å². The molecule has 0 saturated heterocycles. The third-order valence-corrected chi connectivity index (χ3v) is 5.01. The minimum atomic E-state index is -1.05. The molecule has 3 aromatic carbocycles. The Balaban J connectivity index is 1.61. The summed E-state index contributed by atoms with van der Waals surface area (Å²) >= 11 is 0. The van der Waals surface area contributed by atoms with E-state index in [1.54, 1.807) is 18.2 Å². The van der Waals surface area contributed by atoms with Crippen molar-refractivity contribution in [3.63, 3.8) is 0 Å². The lowest BCUT2D eigenvalue weighted by atomic mass is 9.93. The number of hydrogen-bond donors (Lipinski definition) is 3. The number of hydrogen-bond acceptors (Lipinski definition) is 2. The number of para-hydroxylation sites is 1. The first kappa shape index (κ1) is 18.7. The molecular formula is C23H19FN2O3. The van der Waals surface area contributed by atoms with Crippen LogP contribution in [0.3, 0.4) is 0 Å². The van der Waals surface area contributed by atoms with Crippen molar-refractivity contribution in [2.75, 3.05) is 0 Å². The fraction of sp³-hybridized carbons (Fsp3) is 0.130. The molecule has 29 heavy (non-hydrogen) atoms. The summed E-state index contributed by atoms with van der Waals surface area (Å²) < 4.78 is 13.0. The van der Waals surface area contributed by atoms with Crippen molar-refractivity contribution < 1.29 is 19.1 Å². The summed E-state index contributed by atoms with van der Waals surface area (Å²) in [4.78, 5) is 27.5. The Morgan fingerprint density at radius 1 is 0.966 bits per heavy atom. The lowest BCUT2D eigenvalue weighted by Gasteiger charge is -2.16. The molecule has 0 aliphatic carbocycles. The topological polar surface area (TPSA) is 82.2 Å². The van der Waals surface area contributed by atoms with Crippen LogP contribution in [0.5, 0.6) is 0 Å². The number of carbonyl (C=O) groups is 2. The van der Waals surface area contributed by atoms with Crippen LogP contribution in [0.4, 0.5) is 4.39 Å². The van der Waals surface area contributed by atoms with Gasteiger partial charge in [0, 0.05) is 28.4 Å². The van der Waals surface area contributed by atoms with Gasteiger partial charge in [-0.3, -0.25) is 9.59 Å². The molecule has 146 valence electrons. The standard InChI is InChI=1S/C23H19FN2O3/c24-16-8-5-14(6-9-16)13-25-23(29)19(12-22(27)28)15-7-10-18-17-3-1-2-4-20(17)26-21(18)11-15/h1-11,19,26H,12-13H2,(H,25,29)(H,27,28). The van der Waals surface area contributed by atoms with E-state index in [-0.39, 0.29) is 24.7 Å². The van der Waals surface area contributed by atoms with E-state index in [0.29, 0.717) is 5.56 Å². The van der Waals surface area contributed by atoms with Crippen LogP contribution < -0.4 is 5.32 Å². The molecule has 1 aromatic heterocycles. The molecule has 0 saturated carbocycles. The van der Waals surface area contributed by atoms with Gasteiger partial charge in [-0.1, -0.05) is 42.5 Å². The third kappa shape index (κ3) is 3.96. The summed E-state index contributed by atoms with van der Waals surface area (Å²) in [5.41, 5.74) is 3.20. The van der Waals surface area contributed by atoms with Gasteiger partial charge < -0.3 is 15.4 Å². The lowest BCUT2D eigenvalue weighted by molar-refractivity contribution is -0.139. The predicted molar refractivity (Wildman–Crippen MR) is 109 cm³/mol. The Kier molecular flexibility index (Phi) is 4.99. The molecule has 1 heterocycles. The zero-order valence-electron chi connectivity index (χ0n) is 15.5. The van der Waals surface area contributed by atoms with Crippen molar-refractivity contribution in [3.05, 3.63) is 83.7 Å². The van der Waals surface area contributed by atoms with Crippen molar-refractivity contribution in [2.45, 2.75) is 18.9 Å². The van der Waals surface area contributed by atoms with Crippen LogP contribution in [-0.2, 0) is 16.1 Å². The minimum Gasteiger partial charge on any atom is -0.481 e. The molecule has 0 aliphatic rings. The van der Waals surface area contributed by atoms with Gasteiger partial charge >= 0.3 is 5.97 Å². The minimum absolute atomic E-state index is 0.198. The van der Waals surface area contributed by atoms with Crippen LogP contribution in [0.2, 0.25) is 0 Å². The number of aromatic nitrogens is 1. The highest BCUT2D eigenvalue weighted by molar-refractivity contribution is 6.07. The van der Waals surface area contributed by atoms with Gasteiger partial charge in [-0.2, -0.15) is 0 Å². The molecule has 4 aromatic rings. The quantitative estimate of drug-likeness (QED) is 0.458. The zero-order chi connectivity index (χ0) is 20.4. The molecular weight excluding hydrogens is 371 g/mol. The molecule has 0 fully saturated rings. The number of aromatic amines is 1. The van der Waals surface area contributed by atoms with E-state index in [9.17, 15) is 19.1 Å². The molecule has 4 rings (SSSR count). The highest BCUT2D eigenvalue weighted by atomic mass is 19.1. The molecule has 3 N–H and O–H groups in total. The number of fused-ring (bicyclic) bond motifs is 3. The van der Waals surface area contributed by atoms with E-state index in [1.165, 1.54) is 12.1 Å². The second-order valence-corrected chi connectivity index (χ2v) is 6.97. The van der Waals surface area contributed by atoms with Crippen molar-refractivity contribution >= 4 is 33.7 Å². The number of carboxylic acids is 1. The summed E-state index contributed by atoms with van der Waals surface area (Å²) in [6.45, 7) is 0.198. The van der Waals surface area contributed by atoms with Crippen LogP contribution in [0.1, 0.15) is 23.5 Å². The molecule has 0 aliphatic heterocycles. The number of rotatable bonds is 6. The smallest absolute Gasteiger partial charge is 0.304 e. The van der Waals surface area contributed by atoms with Gasteiger partial charge in [-0.25, -0.2) is 4.39 Å². The predicted octanol–water partition coefficient (Wildman–Crippen LogP) is 4.33. The van der Waals surface area contributed by atoms with Gasteiger partial charge in [0.15, 0.2) is 0 Å². The first-order chi connectivity index (χ1) is 14.0. The maximum Gasteiger partial charge on any atom is 0.304 e. The van der Waals surface area contributed by atoms with Crippen LogP contribution in [0.25, 0.3) is 21.8 Å².